The average Bonchev–Trinajstić information content (AvgIpc) is 2.62. The predicted molar refractivity (Wildman–Crippen MR) is 94.5 cm³/mol. The van der Waals surface area contributed by atoms with Crippen LogP contribution in [0.4, 0.5) is 13.2 Å². The molecule has 28 heavy (non-hydrogen) atoms. The molecule has 0 aliphatic heterocycles. The van der Waals surface area contributed by atoms with Crippen LogP contribution in [0.25, 0.3) is 0 Å². The number of halogens is 3. The van der Waals surface area contributed by atoms with Gasteiger partial charge in [0.25, 0.3) is 0 Å². The second kappa shape index (κ2) is 8.75. The van der Waals surface area contributed by atoms with Gasteiger partial charge in [0.2, 0.25) is 5.91 Å². The van der Waals surface area contributed by atoms with Crippen molar-refractivity contribution in [3.8, 4) is 5.75 Å². The summed E-state index contributed by atoms with van der Waals surface area (Å²) in [5.74, 6) is -3.11. The minimum atomic E-state index is -4.79. The lowest BCUT2D eigenvalue weighted by Crippen LogP contribution is -2.50. The highest BCUT2D eigenvalue weighted by molar-refractivity contribution is 5.87. The second-order valence-corrected chi connectivity index (χ2v) is 6.25. The van der Waals surface area contributed by atoms with Crippen molar-refractivity contribution >= 4 is 11.9 Å². The van der Waals surface area contributed by atoms with Gasteiger partial charge in [-0.15, -0.1) is 0 Å². The lowest BCUT2D eigenvalue weighted by atomic mass is 10.0. The molecule has 2 atom stereocenters. The van der Waals surface area contributed by atoms with Crippen molar-refractivity contribution in [2.24, 2.45) is 5.73 Å². The van der Waals surface area contributed by atoms with Gasteiger partial charge in [0, 0.05) is 6.42 Å². The van der Waals surface area contributed by atoms with Gasteiger partial charge in [0.1, 0.15) is 11.8 Å². The van der Waals surface area contributed by atoms with Crippen LogP contribution in [-0.4, -0.2) is 34.2 Å². The van der Waals surface area contributed by atoms with Crippen LogP contribution < -0.4 is 11.1 Å². The number of aromatic hydroxyl groups is 1. The van der Waals surface area contributed by atoms with Gasteiger partial charge in [-0.1, -0.05) is 36.4 Å². The fourth-order valence-corrected chi connectivity index (χ4v) is 2.61. The Kier molecular flexibility index (Phi) is 6.63. The molecule has 0 radical (unpaired) electrons. The molecular weight excluding hydrogens is 377 g/mol. The lowest BCUT2D eigenvalue weighted by Gasteiger charge is -2.19. The summed E-state index contributed by atoms with van der Waals surface area (Å²) in [6, 6.07) is 9.01. The third-order valence-corrected chi connectivity index (χ3v) is 4.06. The Morgan fingerprint density at radius 3 is 2.25 bits per heavy atom. The Balaban J connectivity index is 2.09. The Hall–Kier alpha value is -3.07. The van der Waals surface area contributed by atoms with E-state index in [0.717, 1.165) is 17.7 Å². The number of rotatable bonds is 7. The first-order valence-electron chi connectivity index (χ1n) is 8.29. The third kappa shape index (κ3) is 5.71. The number of aliphatic carboxylic acids is 1. The van der Waals surface area contributed by atoms with Crippen molar-refractivity contribution in [1.29, 1.82) is 0 Å². The molecule has 2 aromatic rings. The minimum Gasteiger partial charge on any atom is -0.507 e. The van der Waals surface area contributed by atoms with E-state index >= 15 is 0 Å². The molecule has 5 N–H and O–H groups in total. The number of hydrogen-bond donors (Lipinski definition) is 4. The number of nitrogens with one attached hydrogen (secondary N) is 1. The molecule has 0 heterocycles. The number of carboxylic acids is 1. The van der Waals surface area contributed by atoms with E-state index in [0.29, 0.717) is 6.07 Å². The Bertz CT molecular complexity index is 841. The zero-order valence-corrected chi connectivity index (χ0v) is 14.6. The Morgan fingerprint density at radius 1 is 1.04 bits per heavy atom. The van der Waals surface area contributed by atoms with Crippen molar-refractivity contribution in [2.75, 3.05) is 0 Å². The lowest BCUT2D eigenvalue weighted by molar-refractivity contribution is -0.141. The predicted octanol–water partition coefficient (Wildman–Crippen LogP) is 2.09. The monoisotopic (exact) mass is 396 g/mol. The largest absolute Gasteiger partial charge is 0.507 e. The molecule has 0 aromatic heterocycles. The van der Waals surface area contributed by atoms with Crippen molar-refractivity contribution < 1.29 is 33.0 Å². The number of hydrogen-bond acceptors (Lipinski definition) is 4. The van der Waals surface area contributed by atoms with E-state index in [1.807, 2.05) is 0 Å². The van der Waals surface area contributed by atoms with Crippen LogP contribution in [0.5, 0.6) is 5.75 Å². The summed E-state index contributed by atoms with van der Waals surface area (Å²) in [5.41, 5.74) is 5.31. The normalized spacial score (nSPS) is 13.6. The topological polar surface area (TPSA) is 113 Å². The summed E-state index contributed by atoms with van der Waals surface area (Å²) < 4.78 is 38.7. The van der Waals surface area contributed by atoms with Crippen molar-refractivity contribution in [3.63, 3.8) is 0 Å². The third-order valence-electron chi connectivity index (χ3n) is 4.06. The number of phenols is 1. The molecule has 2 aromatic carbocycles. The molecule has 6 nitrogen and oxygen atoms in total. The summed E-state index contributed by atoms with van der Waals surface area (Å²) in [7, 11) is 0. The van der Waals surface area contributed by atoms with Gasteiger partial charge in [0.15, 0.2) is 0 Å². The summed E-state index contributed by atoms with van der Waals surface area (Å²) in [5, 5.41) is 20.9. The molecule has 0 aliphatic carbocycles. The quantitative estimate of drug-likeness (QED) is 0.573. The fourth-order valence-electron chi connectivity index (χ4n) is 2.61. The first-order chi connectivity index (χ1) is 13.1. The number of carbonyl (C=O) groups excluding carboxylic acids is 1. The minimum absolute atomic E-state index is 0.00513. The van der Waals surface area contributed by atoms with E-state index in [2.05, 4.69) is 5.32 Å². The smallest absolute Gasteiger partial charge is 0.419 e. The van der Waals surface area contributed by atoms with E-state index in [9.17, 15) is 33.0 Å². The molecule has 0 saturated carbocycles. The highest BCUT2D eigenvalue weighted by atomic mass is 19.4. The molecule has 0 aliphatic rings. The van der Waals surface area contributed by atoms with E-state index in [1.54, 1.807) is 30.3 Å². The number of amides is 1. The first-order valence-corrected chi connectivity index (χ1v) is 8.29. The number of carbonyl (C=O) groups is 2. The molecule has 0 bridgehead atoms. The first kappa shape index (κ1) is 21.2. The van der Waals surface area contributed by atoms with Crippen LogP contribution in [0.15, 0.2) is 48.5 Å². The average molecular weight is 396 g/mol. The number of benzene rings is 2. The van der Waals surface area contributed by atoms with E-state index in [1.165, 1.54) is 0 Å². The number of alkyl halides is 3. The number of carboxylic acid groups (broad SMARTS) is 1. The van der Waals surface area contributed by atoms with Gasteiger partial charge in [-0.2, -0.15) is 13.2 Å². The van der Waals surface area contributed by atoms with Gasteiger partial charge in [0.05, 0.1) is 11.6 Å². The van der Waals surface area contributed by atoms with E-state index < -0.39 is 47.9 Å². The number of nitrogens with two attached hydrogens (primary N) is 1. The zero-order chi connectivity index (χ0) is 20.9. The summed E-state index contributed by atoms with van der Waals surface area (Å²) >= 11 is 0. The van der Waals surface area contributed by atoms with Crippen LogP contribution in [-0.2, 0) is 28.6 Å². The Morgan fingerprint density at radius 2 is 1.68 bits per heavy atom. The number of phenolic OH excluding ortho intramolecular Hbond substituents is 1. The van der Waals surface area contributed by atoms with Crippen LogP contribution >= 0.6 is 0 Å². The van der Waals surface area contributed by atoms with Crippen molar-refractivity contribution in [2.45, 2.75) is 31.1 Å². The van der Waals surface area contributed by atoms with Crippen molar-refractivity contribution in [3.05, 3.63) is 65.2 Å². The fraction of sp³-hybridized carbons (Fsp3) is 0.263. The van der Waals surface area contributed by atoms with E-state index in [-0.39, 0.29) is 12.0 Å². The van der Waals surface area contributed by atoms with E-state index in [4.69, 9.17) is 5.73 Å². The van der Waals surface area contributed by atoms with Crippen LogP contribution in [0.2, 0.25) is 0 Å². The van der Waals surface area contributed by atoms with Crippen LogP contribution in [0.3, 0.4) is 0 Å². The summed E-state index contributed by atoms with van der Waals surface area (Å²) in [6.45, 7) is 0. The molecule has 0 saturated heterocycles. The van der Waals surface area contributed by atoms with Crippen LogP contribution in [0, 0.1) is 0 Å². The zero-order valence-electron chi connectivity index (χ0n) is 14.6. The maximum atomic E-state index is 12.9. The maximum Gasteiger partial charge on any atom is 0.419 e. The standard InChI is InChI=1S/C19H19F3N2O4/c20-19(21,22)13-8-12(6-7-16(13)25)10-15(18(27)28)24-17(26)14(23)9-11-4-2-1-3-5-11/h1-8,14-15,25H,9-10,23H2,(H,24,26)(H,27,28). The molecule has 0 fully saturated rings. The highest BCUT2D eigenvalue weighted by Crippen LogP contribution is 2.36. The SMILES string of the molecule is NC(Cc1ccccc1)C(=O)NC(Cc1ccc(O)c(C(F)(F)F)c1)C(=O)O. The molecule has 2 unspecified atom stereocenters. The molecule has 9 heteroatoms. The maximum absolute atomic E-state index is 12.9. The van der Waals surface area contributed by atoms with Gasteiger partial charge in [-0.05, 0) is 29.7 Å². The highest BCUT2D eigenvalue weighted by Gasteiger charge is 2.34. The van der Waals surface area contributed by atoms with Crippen LogP contribution in [0.1, 0.15) is 16.7 Å². The van der Waals surface area contributed by atoms with Crippen molar-refractivity contribution in [1.82, 2.24) is 5.32 Å². The summed E-state index contributed by atoms with van der Waals surface area (Å²) in [6.07, 6.45) is -5.01. The Labute approximate surface area is 158 Å². The van der Waals surface area contributed by atoms with Gasteiger partial charge in [-0.3, -0.25) is 4.79 Å². The molecule has 150 valence electrons. The summed E-state index contributed by atoms with van der Waals surface area (Å²) in [4.78, 5) is 23.7. The molecule has 2 rings (SSSR count). The van der Waals surface area contributed by atoms with Gasteiger partial charge >= 0.3 is 12.1 Å². The molecular formula is C19H19F3N2O4. The second-order valence-electron chi connectivity index (χ2n) is 6.25. The molecule has 1 amide bonds. The van der Waals surface area contributed by atoms with Gasteiger partial charge < -0.3 is 21.3 Å². The van der Waals surface area contributed by atoms with Gasteiger partial charge in [-0.25, -0.2) is 4.79 Å². The molecule has 0 spiro atoms.